The molecule has 1 aromatic carbocycles. The minimum Gasteiger partial charge on any atom is -0.385 e. The van der Waals surface area contributed by atoms with Gasteiger partial charge in [-0.2, -0.15) is 10.5 Å². The molecule has 0 heterocycles. The summed E-state index contributed by atoms with van der Waals surface area (Å²) in [7, 11) is 0. The van der Waals surface area contributed by atoms with Gasteiger partial charge in [-0.3, -0.25) is 0 Å². The van der Waals surface area contributed by atoms with E-state index < -0.39 is 12.2 Å². The molecule has 0 saturated heterocycles. The monoisotopic (exact) mass is 202 g/mol. The van der Waals surface area contributed by atoms with Gasteiger partial charge in [-0.25, -0.2) is 0 Å². The number of aliphatic hydroxyl groups excluding tert-OH is 2. The van der Waals surface area contributed by atoms with Crippen LogP contribution in [0.5, 0.6) is 0 Å². The summed E-state index contributed by atoms with van der Waals surface area (Å²) in [5.74, 6) is 0. The lowest BCUT2D eigenvalue weighted by Crippen LogP contribution is -2.17. The molecule has 4 nitrogen and oxygen atoms in total. The molecule has 15 heavy (non-hydrogen) atoms. The molecule has 0 fully saturated rings. The Morgan fingerprint density at radius 2 is 1.93 bits per heavy atom. The Kier molecular flexibility index (Phi) is 3.41. The fourth-order valence-corrected chi connectivity index (χ4v) is 1.34. The molecule has 0 aliphatic carbocycles. The third-order valence-corrected chi connectivity index (χ3v) is 2.25. The van der Waals surface area contributed by atoms with Crippen molar-refractivity contribution in [3.63, 3.8) is 0 Å². The van der Waals surface area contributed by atoms with E-state index >= 15 is 0 Å². The second-order valence-corrected chi connectivity index (χ2v) is 3.15. The first kappa shape index (κ1) is 11.2. The van der Waals surface area contributed by atoms with Crippen LogP contribution in [0.4, 0.5) is 0 Å². The summed E-state index contributed by atoms with van der Waals surface area (Å²) in [6.45, 7) is 1.67. The van der Waals surface area contributed by atoms with E-state index in [1.165, 1.54) is 0 Å². The molecule has 2 unspecified atom stereocenters. The predicted octanol–water partition coefficient (Wildman–Crippen LogP) is 0.785. The Bertz CT molecular complexity index is 443. The van der Waals surface area contributed by atoms with Crippen molar-refractivity contribution >= 4 is 0 Å². The molecule has 0 amide bonds. The average Bonchev–Trinajstić information content (AvgIpc) is 2.27. The van der Waals surface area contributed by atoms with Gasteiger partial charge in [0.05, 0.1) is 17.7 Å². The standard InChI is InChI=1S/C11H10N2O2/c1-7-8(5-12)3-2-4-9(7)11(15)10(14)6-13/h2-4,10-11,14-15H,1H3. The zero-order valence-electron chi connectivity index (χ0n) is 8.18. The minimum absolute atomic E-state index is 0.406. The Morgan fingerprint density at radius 3 is 2.47 bits per heavy atom. The highest BCUT2D eigenvalue weighted by molar-refractivity contribution is 5.43. The highest BCUT2D eigenvalue weighted by Gasteiger charge is 2.20. The molecule has 2 atom stereocenters. The number of hydrogen-bond donors (Lipinski definition) is 2. The molecule has 76 valence electrons. The lowest BCUT2D eigenvalue weighted by molar-refractivity contribution is 0.0523. The maximum absolute atomic E-state index is 9.61. The topological polar surface area (TPSA) is 88.0 Å². The van der Waals surface area contributed by atoms with Crippen molar-refractivity contribution in [1.82, 2.24) is 0 Å². The van der Waals surface area contributed by atoms with Gasteiger partial charge in [0.25, 0.3) is 0 Å². The molecule has 0 aliphatic rings. The van der Waals surface area contributed by atoms with E-state index in [1.807, 2.05) is 6.07 Å². The zero-order valence-corrected chi connectivity index (χ0v) is 8.18. The van der Waals surface area contributed by atoms with Crippen LogP contribution in [0.1, 0.15) is 22.8 Å². The van der Waals surface area contributed by atoms with Gasteiger partial charge >= 0.3 is 0 Å². The third kappa shape index (κ3) is 2.13. The van der Waals surface area contributed by atoms with Crippen LogP contribution in [-0.2, 0) is 0 Å². The summed E-state index contributed by atoms with van der Waals surface area (Å²) in [4.78, 5) is 0. The molecule has 0 bridgehead atoms. The summed E-state index contributed by atoms with van der Waals surface area (Å²) in [6, 6.07) is 8.33. The maximum Gasteiger partial charge on any atom is 0.170 e. The van der Waals surface area contributed by atoms with Gasteiger partial charge in [0.2, 0.25) is 0 Å². The first-order valence-electron chi connectivity index (χ1n) is 4.37. The first-order chi connectivity index (χ1) is 7.11. The molecular weight excluding hydrogens is 192 g/mol. The van der Waals surface area contributed by atoms with E-state index in [0.29, 0.717) is 16.7 Å². The molecule has 4 heteroatoms. The smallest absolute Gasteiger partial charge is 0.170 e. The van der Waals surface area contributed by atoms with Crippen LogP contribution in [0.25, 0.3) is 0 Å². The molecule has 0 aliphatic heterocycles. The van der Waals surface area contributed by atoms with Gasteiger partial charge < -0.3 is 10.2 Å². The van der Waals surface area contributed by atoms with Crippen molar-refractivity contribution in [2.45, 2.75) is 19.1 Å². The van der Waals surface area contributed by atoms with Crippen LogP contribution in [-0.4, -0.2) is 16.3 Å². The molecule has 0 saturated carbocycles. The van der Waals surface area contributed by atoms with Gasteiger partial charge in [-0.15, -0.1) is 0 Å². The Hall–Kier alpha value is -1.88. The highest BCUT2D eigenvalue weighted by atomic mass is 16.3. The van der Waals surface area contributed by atoms with Gasteiger partial charge in [0.1, 0.15) is 6.10 Å². The largest absolute Gasteiger partial charge is 0.385 e. The quantitative estimate of drug-likeness (QED) is 0.694. The lowest BCUT2D eigenvalue weighted by atomic mass is 9.96. The van der Waals surface area contributed by atoms with Gasteiger partial charge in [-0.1, -0.05) is 12.1 Å². The van der Waals surface area contributed by atoms with E-state index in [-0.39, 0.29) is 0 Å². The molecule has 1 rings (SSSR count). The number of nitrogens with zero attached hydrogens (tertiary/aromatic N) is 2. The summed E-state index contributed by atoms with van der Waals surface area (Å²) in [5, 5.41) is 36.0. The van der Waals surface area contributed by atoms with E-state index in [9.17, 15) is 10.2 Å². The SMILES string of the molecule is Cc1c(C#N)cccc1C(O)C(O)C#N. The van der Waals surface area contributed by atoms with E-state index in [2.05, 4.69) is 0 Å². The number of aliphatic hydroxyl groups is 2. The van der Waals surface area contributed by atoms with Crippen LogP contribution >= 0.6 is 0 Å². The lowest BCUT2D eigenvalue weighted by Gasteiger charge is -2.15. The van der Waals surface area contributed by atoms with Crippen molar-refractivity contribution in [3.05, 3.63) is 34.9 Å². The second kappa shape index (κ2) is 4.56. The Labute approximate surface area is 87.6 Å². The maximum atomic E-state index is 9.61. The summed E-state index contributed by atoms with van der Waals surface area (Å²) in [6.07, 6.45) is -2.75. The molecular formula is C11H10N2O2. The van der Waals surface area contributed by atoms with Crippen LogP contribution in [0.3, 0.4) is 0 Å². The van der Waals surface area contributed by atoms with Gasteiger partial charge in [0, 0.05) is 0 Å². The molecule has 1 aromatic rings. The van der Waals surface area contributed by atoms with Gasteiger partial charge in [-0.05, 0) is 24.1 Å². The minimum atomic E-state index is -1.47. The van der Waals surface area contributed by atoms with E-state index in [1.54, 1.807) is 31.2 Å². The second-order valence-electron chi connectivity index (χ2n) is 3.15. The average molecular weight is 202 g/mol. The molecule has 0 aromatic heterocycles. The number of benzene rings is 1. The highest BCUT2D eigenvalue weighted by Crippen LogP contribution is 2.22. The number of nitriles is 2. The summed E-state index contributed by atoms with van der Waals surface area (Å²) >= 11 is 0. The third-order valence-electron chi connectivity index (χ3n) is 2.25. The molecule has 0 spiro atoms. The van der Waals surface area contributed by atoms with Crippen molar-refractivity contribution in [1.29, 1.82) is 10.5 Å². The summed E-state index contributed by atoms with van der Waals surface area (Å²) in [5.41, 5.74) is 1.42. The van der Waals surface area contributed by atoms with Crippen molar-refractivity contribution in [3.8, 4) is 12.1 Å². The normalized spacial score (nSPS) is 13.7. The Morgan fingerprint density at radius 1 is 1.27 bits per heavy atom. The van der Waals surface area contributed by atoms with Crippen LogP contribution in [0, 0.1) is 29.6 Å². The van der Waals surface area contributed by atoms with Gasteiger partial charge in [0.15, 0.2) is 6.10 Å². The van der Waals surface area contributed by atoms with Crippen molar-refractivity contribution in [2.24, 2.45) is 0 Å². The van der Waals surface area contributed by atoms with E-state index in [0.717, 1.165) is 0 Å². The summed E-state index contributed by atoms with van der Waals surface area (Å²) < 4.78 is 0. The fraction of sp³-hybridized carbons (Fsp3) is 0.273. The molecule has 2 N–H and O–H groups in total. The zero-order chi connectivity index (χ0) is 11.4. The first-order valence-corrected chi connectivity index (χ1v) is 4.37. The number of hydrogen-bond acceptors (Lipinski definition) is 4. The van der Waals surface area contributed by atoms with Crippen LogP contribution in [0.15, 0.2) is 18.2 Å². The van der Waals surface area contributed by atoms with E-state index in [4.69, 9.17) is 10.5 Å². The van der Waals surface area contributed by atoms with Crippen molar-refractivity contribution in [2.75, 3.05) is 0 Å². The number of rotatable bonds is 2. The predicted molar refractivity (Wildman–Crippen MR) is 52.5 cm³/mol. The fourth-order valence-electron chi connectivity index (χ4n) is 1.34. The van der Waals surface area contributed by atoms with Crippen LogP contribution in [0.2, 0.25) is 0 Å². The van der Waals surface area contributed by atoms with Crippen molar-refractivity contribution < 1.29 is 10.2 Å². The Balaban J connectivity index is 3.17. The van der Waals surface area contributed by atoms with Crippen LogP contribution < -0.4 is 0 Å². The molecule has 0 radical (unpaired) electrons.